The van der Waals surface area contributed by atoms with E-state index in [9.17, 15) is 0 Å². The number of hydrogen-bond donors (Lipinski definition) is 1. The number of halogens is 1. The zero-order chi connectivity index (χ0) is 9.80. The second-order valence-corrected chi connectivity index (χ2v) is 3.98. The summed E-state index contributed by atoms with van der Waals surface area (Å²) >= 11 is 5.87. The molecule has 1 aromatic carbocycles. The van der Waals surface area contributed by atoms with Crippen LogP contribution in [-0.4, -0.2) is 19.2 Å². The van der Waals surface area contributed by atoms with Gasteiger partial charge in [-0.15, -0.1) is 0 Å². The minimum Gasteiger partial charge on any atom is -0.489 e. The average molecular weight is 212 g/mol. The summed E-state index contributed by atoms with van der Waals surface area (Å²) in [5, 5.41) is 4.04. The van der Waals surface area contributed by atoms with Crippen LogP contribution in [0.2, 0.25) is 5.02 Å². The molecule has 1 unspecified atom stereocenters. The predicted octanol–water partition coefficient (Wildman–Crippen LogP) is 2.47. The summed E-state index contributed by atoms with van der Waals surface area (Å²) in [7, 11) is 0. The second-order valence-electron chi connectivity index (χ2n) is 3.54. The highest BCUT2D eigenvalue weighted by atomic mass is 35.5. The standard InChI is InChI=1S/C11H14ClNO/c12-9-3-1-4-10(7-9)14-11-5-2-6-13-8-11/h1,3-4,7,11,13H,2,5-6,8H2. The number of benzene rings is 1. The number of piperidine rings is 1. The van der Waals surface area contributed by atoms with Gasteiger partial charge in [-0.05, 0) is 37.6 Å². The smallest absolute Gasteiger partial charge is 0.121 e. The predicted molar refractivity (Wildman–Crippen MR) is 58.0 cm³/mol. The maximum Gasteiger partial charge on any atom is 0.121 e. The van der Waals surface area contributed by atoms with E-state index in [1.807, 2.05) is 24.3 Å². The summed E-state index contributed by atoms with van der Waals surface area (Å²) in [6, 6.07) is 7.57. The van der Waals surface area contributed by atoms with Gasteiger partial charge in [0.15, 0.2) is 0 Å². The molecule has 0 spiro atoms. The SMILES string of the molecule is Clc1cccc(OC2CCCNC2)c1. The molecule has 0 bridgehead atoms. The van der Waals surface area contributed by atoms with Gasteiger partial charge in [0.1, 0.15) is 11.9 Å². The summed E-state index contributed by atoms with van der Waals surface area (Å²) in [5.74, 6) is 0.867. The highest BCUT2D eigenvalue weighted by Gasteiger charge is 2.13. The Morgan fingerprint density at radius 1 is 1.43 bits per heavy atom. The molecule has 2 rings (SSSR count). The van der Waals surface area contributed by atoms with Crippen molar-refractivity contribution in [2.75, 3.05) is 13.1 Å². The fraction of sp³-hybridized carbons (Fsp3) is 0.455. The fourth-order valence-electron chi connectivity index (χ4n) is 1.65. The van der Waals surface area contributed by atoms with Crippen LogP contribution in [0.25, 0.3) is 0 Å². The number of rotatable bonds is 2. The highest BCUT2D eigenvalue weighted by molar-refractivity contribution is 6.30. The van der Waals surface area contributed by atoms with Crippen LogP contribution in [-0.2, 0) is 0 Å². The van der Waals surface area contributed by atoms with Crippen LogP contribution in [0.1, 0.15) is 12.8 Å². The van der Waals surface area contributed by atoms with E-state index >= 15 is 0 Å². The van der Waals surface area contributed by atoms with E-state index in [1.54, 1.807) is 0 Å². The molecule has 1 aliphatic rings. The van der Waals surface area contributed by atoms with E-state index in [0.29, 0.717) is 6.10 Å². The first kappa shape index (κ1) is 9.81. The van der Waals surface area contributed by atoms with Crippen LogP contribution in [0, 0.1) is 0 Å². The lowest BCUT2D eigenvalue weighted by Crippen LogP contribution is -2.37. The van der Waals surface area contributed by atoms with Gasteiger partial charge in [0, 0.05) is 11.6 Å². The molecule has 1 aromatic rings. The molecule has 1 atom stereocenters. The van der Waals surface area contributed by atoms with Crippen molar-refractivity contribution in [3.8, 4) is 5.75 Å². The van der Waals surface area contributed by atoms with Gasteiger partial charge >= 0.3 is 0 Å². The lowest BCUT2D eigenvalue weighted by atomic mass is 10.1. The lowest BCUT2D eigenvalue weighted by Gasteiger charge is -2.23. The van der Waals surface area contributed by atoms with Crippen molar-refractivity contribution in [2.45, 2.75) is 18.9 Å². The molecule has 1 fully saturated rings. The minimum absolute atomic E-state index is 0.294. The largest absolute Gasteiger partial charge is 0.489 e. The minimum atomic E-state index is 0.294. The Labute approximate surface area is 89.2 Å². The van der Waals surface area contributed by atoms with Crippen molar-refractivity contribution in [3.63, 3.8) is 0 Å². The molecule has 3 heteroatoms. The molecule has 0 aliphatic carbocycles. The van der Waals surface area contributed by atoms with E-state index in [2.05, 4.69) is 5.32 Å². The number of nitrogens with one attached hydrogen (secondary N) is 1. The summed E-state index contributed by atoms with van der Waals surface area (Å²) in [5.41, 5.74) is 0. The molecular weight excluding hydrogens is 198 g/mol. The van der Waals surface area contributed by atoms with Gasteiger partial charge in [-0.3, -0.25) is 0 Å². The van der Waals surface area contributed by atoms with Gasteiger partial charge in [-0.2, -0.15) is 0 Å². The van der Waals surface area contributed by atoms with Crippen LogP contribution < -0.4 is 10.1 Å². The van der Waals surface area contributed by atoms with E-state index < -0.39 is 0 Å². The van der Waals surface area contributed by atoms with E-state index in [1.165, 1.54) is 6.42 Å². The molecule has 2 nitrogen and oxygen atoms in total. The fourth-order valence-corrected chi connectivity index (χ4v) is 1.83. The van der Waals surface area contributed by atoms with Crippen molar-refractivity contribution >= 4 is 11.6 Å². The van der Waals surface area contributed by atoms with E-state index in [0.717, 1.165) is 30.3 Å². The maximum absolute atomic E-state index is 5.87. The summed E-state index contributed by atoms with van der Waals surface area (Å²) < 4.78 is 5.79. The molecule has 1 saturated heterocycles. The van der Waals surface area contributed by atoms with Crippen molar-refractivity contribution in [2.24, 2.45) is 0 Å². The van der Waals surface area contributed by atoms with Crippen LogP contribution >= 0.6 is 11.6 Å². The third-order valence-electron chi connectivity index (χ3n) is 2.35. The topological polar surface area (TPSA) is 21.3 Å². The quantitative estimate of drug-likeness (QED) is 0.812. The molecule has 1 aliphatic heterocycles. The van der Waals surface area contributed by atoms with Crippen LogP contribution in [0.4, 0.5) is 0 Å². The van der Waals surface area contributed by atoms with Gasteiger partial charge in [-0.25, -0.2) is 0 Å². The number of hydrogen-bond acceptors (Lipinski definition) is 2. The second kappa shape index (κ2) is 4.67. The van der Waals surface area contributed by atoms with Crippen molar-refractivity contribution in [3.05, 3.63) is 29.3 Å². The number of ether oxygens (including phenoxy) is 1. The summed E-state index contributed by atoms with van der Waals surface area (Å²) in [6.45, 7) is 2.04. The maximum atomic E-state index is 5.87. The van der Waals surface area contributed by atoms with Crippen molar-refractivity contribution < 1.29 is 4.74 Å². The average Bonchev–Trinajstić information content (AvgIpc) is 2.19. The first-order valence-electron chi connectivity index (χ1n) is 4.97. The first-order chi connectivity index (χ1) is 6.84. The molecule has 0 radical (unpaired) electrons. The molecule has 0 saturated carbocycles. The Kier molecular flexibility index (Phi) is 3.27. The molecular formula is C11H14ClNO. The molecule has 14 heavy (non-hydrogen) atoms. The Bertz CT molecular complexity index is 297. The van der Waals surface area contributed by atoms with Gasteiger partial charge in [0.25, 0.3) is 0 Å². The zero-order valence-corrected chi connectivity index (χ0v) is 8.76. The Morgan fingerprint density at radius 3 is 3.07 bits per heavy atom. The van der Waals surface area contributed by atoms with Crippen molar-refractivity contribution in [1.29, 1.82) is 0 Å². The first-order valence-corrected chi connectivity index (χ1v) is 5.35. The third kappa shape index (κ3) is 2.63. The highest BCUT2D eigenvalue weighted by Crippen LogP contribution is 2.19. The van der Waals surface area contributed by atoms with Crippen LogP contribution in [0.3, 0.4) is 0 Å². The van der Waals surface area contributed by atoms with Gasteiger partial charge in [-0.1, -0.05) is 17.7 Å². The van der Waals surface area contributed by atoms with Gasteiger partial charge in [0.05, 0.1) is 0 Å². The Balaban J connectivity index is 1.95. The molecule has 76 valence electrons. The third-order valence-corrected chi connectivity index (χ3v) is 2.59. The molecule has 0 amide bonds. The normalized spacial score (nSPS) is 21.9. The van der Waals surface area contributed by atoms with Crippen LogP contribution in [0.15, 0.2) is 24.3 Å². The van der Waals surface area contributed by atoms with E-state index in [4.69, 9.17) is 16.3 Å². The van der Waals surface area contributed by atoms with E-state index in [-0.39, 0.29) is 0 Å². The zero-order valence-electron chi connectivity index (χ0n) is 8.00. The van der Waals surface area contributed by atoms with Crippen LogP contribution in [0.5, 0.6) is 5.75 Å². The molecule has 1 N–H and O–H groups in total. The Morgan fingerprint density at radius 2 is 2.36 bits per heavy atom. The molecule has 0 aromatic heterocycles. The van der Waals surface area contributed by atoms with Crippen molar-refractivity contribution in [1.82, 2.24) is 5.32 Å². The summed E-state index contributed by atoms with van der Waals surface area (Å²) in [6.07, 6.45) is 2.60. The Hall–Kier alpha value is -0.730. The lowest BCUT2D eigenvalue weighted by molar-refractivity contribution is 0.167. The van der Waals surface area contributed by atoms with Gasteiger partial charge < -0.3 is 10.1 Å². The molecule has 1 heterocycles. The summed E-state index contributed by atoms with van der Waals surface area (Å²) in [4.78, 5) is 0. The monoisotopic (exact) mass is 211 g/mol. The van der Waals surface area contributed by atoms with Gasteiger partial charge in [0.2, 0.25) is 0 Å².